The number of nitrogens with two attached hydrogens (primary N) is 1. The van der Waals surface area contributed by atoms with Crippen molar-refractivity contribution in [1.29, 1.82) is 0 Å². The highest BCUT2D eigenvalue weighted by molar-refractivity contribution is 5.90. The molecule has 3 heterocycles. The minimum atomic E-state index is -0.567. The standard InChI is InChI=1S/C18H19N7O/c19-16(26)14-6-7-15(22-21-14)25-10-8-13(9-11-25)18-20-17(23-24-18)12-4-2-1-3-5-12/h1-7,13H,8-11H2,(H2,19,26)(H,20,23,24). The van der Waals surface area contributed by atoms with Gasteiger partial charge in [0.05, 0.1) is 0 Å². The molecule has 0 spiro atoms. The molecule has 132 valence electrons. The largest absolute Gasteiger partial charge is 0.364 e. The normalized spacial score (nSPS) is 15.2. The van der Waals surface area contributed by atoms with Gasteiger partial charge >= 0.3 is 0 Å². The van der Waals surface area contributed by atoms with Crippen LogP contribution in [0.3, 0.4) is 0 Å². The second kappa shape index (κ2) is 6.91. The first-order valence-corrected chi connectivity index (χ1v) is 8.57. The van der Waals surface area contributed by atoms with Gasteiger partial charge in [0.2, 0.25) is 0 Å². The summed E-state index contributed by atoms with van der Waals surface area (Å²) in [5.74, 6) is 2.20. The van der Waals surface area contributed by atoms with Crippen LogP contribution in [0.5, 0.6) is 0 Å². The number of benzene rings is 1. The van der Waals surface area contributed by atoms with E-state index in [2.05, 4.69) is 30.3 Å². The number of aromatic amines is 1. The summed E-state index contributed by atoms with van der Waals surface area (Å²) in [6.07, 6.45) is 1.89. The minimum Gasteiger partial charge on any atom is -0.364 e. The first kappa shape index (κ1) is 16.2. The Morgan fingerprint density at radius 2 is 1.85 bits per heavy atom. The number of hydrogen-bond acceptors (Lipinski definition) is 6. The van der Waals surface area contributed by atoms with Crippen LogP contribution in [0, 0.1) is 0 Å². The molecule has 1 saturated heterocycles. The molecule has 1 amide bonds. The maximum absolute atomic E-state index is 11.1. The first-order chi connectivity index (χ1) is 12.7. The number of carbonyl (C=O) groups is 1. The van der Waals surface area contributed by atoms with Gasteiger partial charge in [-0.05, 0) is 25.0 Å². The van der Waals surface area contributed by atoms with E-state index < -0.39 is 5.91 Å². The van der Waals surface area contributed by atoms with Gasteiger partial charge in [-0.2, -0.15) is 5.10 Å². The second-order valence-corrected chi connectivity index (χ2v) is 6.31. The summed E-state index contributed by atoms with van der Waals surface area (Å²) < 4.78 is 0. The third-order valence-corrected chi connectivity index (χ3v) is 4.64. The maximum atomic E-state index is 11.1. The van der Waals surface area contributed by atoms with E-state index in [0.29, 0.717) is 5.92 Å². The number of nitrogens with one attached hydrogen (secondary N) is 1. The van der Waals surface area contributed by atoms with Crippen LogP contribution in [-0.4, -0.2) is 44.4 Å². The zero-order valence-electron chi connectivity index (χ0n) is 14.2. The van der Waals surface area contributed by atoms with Crippen molar-refractivity contribution in [2.45, 2.75) is 18.8 Å². The van der Waals surface area contributed by atoms with Gasteiger partial charge in [-0.15, -0.1) is 10.2 Å². The van der Waals surface area contributed by atoms with Gasteiger partial charge in [0.25, 0.3) is 5.91 Å². The molecule has 0 unspecified atom stereocenters. The quantitative estimate of drug-likeness (QED) is 0.742. The Kier molecular flexibility index (Phi) is 4.30. The highest BCUT2D eigenvalue weighted by Gasteiger charge is 2.24. The van der Waals surface area contributed by atoms with Crippen LogP contribution in [0.2, 0.25) is 0 Å². The highest BCUT2D eigenvalue weighted by Crippen LogP contribution is 2.28. The number of H-pyrrole nitrogens is 1. The van der Waals surface area contributed by atoms with Crippen molar-refractivity contribution in [3.05, 3.63) is 54.0 Å². The Labute approximate surface area is 150 Å². The van der Waals surface area contributed by atoms with E-state index in [-0.39, 0.29) is 5.69 Å². The van der Waals surface area contributed by atoms with Gasteiger partial charge in [0, 0.05) is 24.6 Å². The molecule has 0 radical (unpaired) electrons. The average Bonchev–Trinajstić information content (AvgIpc) is 3.19. The summed E-state index contributed by atoms with van der Waals surface area (Å²) >= 11 is 0. The molecule has 1 aliphatic rings. The molecule has 1 aliphatic heterocycles. The predicted octanol–water partition coefficient (Wildman–Crippen LogP) is 1.74. The van der Waals surface area contributed by atoms with Crippen LogP contribution >= 0.6 is 0 Å². The molecule has 1 aromatic carbocycles. The Bertz CT molecular complexity index is 883. The number of piperidine rings is 1. The number of carbonyl (C=O) groups excluding carboxylic acids is 1. The van der Waals surface area contributed by atoms with E-state index in [0.717, 1.165) is 49.0 Å². The van der Waals surface area contributed by atoms with Crippen molar-refractivity contribution in [2.24, 2.45) is 5.73 Å². The molecule has 3 N–H and O–H groups in total. The maximum Gasteiger partial charge on any atom is 0.269 e. The van der Waals surface area contributed by atoms with Gasteiger partial charge < -0.3 is 10.6 Å². The van der Waals surface area contributed by atoms with Crippen molar-refractivity contribution in [3.63, 3.8) is 0 Å². The van der Waals surface area contributed by atoms with Crippen LogP contribution < -0.4 is 10.6 Å². The lowest BCUT2D eigenvalue weighted by atomic mass is 9.96. The van der Waals surface area contributed by atoms with Crippen molar-refractivity contribution < 1.29 is 4.79 Å². The fourth-order valence-corrected chi connectivity index (χ4v) is 3.18. The van der Waals surface area contributed by atoms with Gasteiger partial charge in [-0.25, -0.2) is 4.98 Å². The molecule has 0 aliphatic carbocycles. The number of amides is 1. The van der Waals surface area contributed by atoms with E-state index >= 15 is 0 Å². The summed E-state index contributed by atoms with van der Waals surface area (Å²) in [6, 6.07) is 13.3. The zero-order chi connectivity index (χ0) is 17.9. The number of primary amides is 1. The zero-order valence-corrected chi connectivity index (χ0v) is 14.2. The average molecular weight is 349 g/mol. The van der Waals surface area contributed by atoms with Crippen LogP contribution in [-0.2, 0) is 0 Å². The predicted molar refractivity (Wildman–Crippen MR) is 96.6 cm³/mol. The molecule has 2 aromatic heterocycles. The molecular formula is C18H19N7O. The molecular weight excluding hydrogens is 330 g/mol. The van der Waals surface area contributed by atoms with Gasteiger partial charge in [0.15, 0.2) is 17.3 Å². The number of aromatic nitrogens is 5. The Balaban J connectivity index is 1.41. The molecule has 3 aromatic rings. The Hall–Kier alpha value is -3.29. The summed E-state index contributed by atoms with van der Waals surface area (Å²) in [4.78, 5) is 17.9. The van der Waals surface area contributed by atoms with Crippen LogP contribution in [0.15, 0.2) is 42.5 Å². The minimum absolute atomic E-state index is 0.179. The second-order valence-electron chi connectivity index (χ2n) is 6.31. The van der Waals surface area contributed by atoms with Crippen LogP contribution in [0.25, 0.3) is 11.4 Å². The summed E-state index contributed by atoms with van der Waals surface area (Å²) in [7, 11) is 0. The number of rotatable bonds is 4. The van der Waals surface area contributed by atoms with Gasteiger partial charge in [0.1, 0.15) is 5.82 Å². The number of hydrogen-bond donors (Lipinski definition) is 2. The van der Waals surface area contributed by atoms with Gasteiger partial charge in [-0.3, -0.25) is 9.89 Å². The van der Waals surface area contributed by atoms with E-state index in [4.69, 9.17) is 5.73 Å². The Morgan fingerprint density at radius 3 is 2.50 bits per heavy atom. The fraction of sp³-hybridized carbons (Fsp3) is 0.278. The molecule has 0 bridgehead atoms. The monoisotopic (exact) mass is 349 g/mol. The van der Waals surface area contributed by atoms with Crippen molar-refractivity contribution in [3.8, 4) is 11.4 Å². The smallest absolute Gasteiger partial charge is 0.269 e. The molecule has 0 saturated carbocycles. The van der Waals surface area contributed by atoms with Crippen molar-refractivity contribution >= 4 is 11.7 Å². The topological polar surface area (TPSA) is 114 Å². The van der Waals surface area contributed by atoms with E-state index in [9.17, 15) is 4.79 Å². The summed E-state index contributed by atoms with van der Waals surface area (Å²) in [6.45, 7) is 1.69. The molecule has 0 atom stereocenters. The van der Waals surface area contributed by atoms with Crippen LogP contribution in [0.1, 0.15) is 35.1 Å². The lowest BCUT2D eigenvalue weighted by Gasteiger charge is -2.31. The van der Waals surface area contributed by atoms with Crippen molar-refractivity contribution in [2.75, 3.05) is 18.0 Å². The summed E-state index contributed by atoms with van der Waals surface area (Å²) in [5, 5.41) is 15.4. The van der Waals surface area contributed by atoms with E-state index in [1.807, 2.05) is 30.3 Å². The third kappa shape index (κ3) is 3.26. The van der Waals surface area contributed by atoms with Crippen LogP contribution in [0.4, 0.5) is 5.82 Å². The van der Waals surface area contributed by atoms with Gasteiger partial charge in [-0.1, -0.05) is 30.3 Å². The summed E-state index contributed by atoms with van der Waals surface area (Å²) in [5.41, 5.74) is 6.39. The van der Waals surface area contributed by atoms with Crippen molar-refractivity contribution in [1.82, 2.24) is 25.4 Å². The fourth-order valence-electron chi connectivity index (χ4n) is 3.18. The molecule has 1 fully saturated rings. The number of anilines is 1. The Morgan fingerprint density at radius 1 is 1.08 bits per heavy atom. The molecule has 8 heteroatoms. The lowest BCUT2D eigenvalue weighted by Crippen LogP contribution is -2.34. The molecule has 8 nitrogen and oxygen atoms in total. The van der Waals surface area contributed by atoms with E-state index in [1.54, 1.807) is 12.1 Å². The SMILES string of the molecule is NC(=O)c1ccc(N2CCC(c3nc(-c4ccccc4)n[nH]3)CC2)nn1. The highest BCUT2D eigenvalue weighted by atomic mass is 16.1. The molecule has 4 rings (SSSR count). The number of nitrogens with zero attached hydrogens (tertiary/aromatic N) is 5. The first-order valence-electron chi connectivity index (χ1n) is 8.57. The lowest BCUT2D eigenvalue weighted by molar-refractivity contribution is 0.0994. The third-order valence-electron chi connectivity index (χ3n) is 4.64. The van der Waals surface area contributed by atoms with E-state index in [1.165, 1.54) is 0 Å². The molecule has 26 heavy (non-hydrogen) atoms.